The second-order valence-corrected chi connectivity index (χ2v) is 6.23. The molecule has 0 saturated carbocycles. The molecule has 19 heavy (non-hydrogen) atoms. The summed E-state index contributed by atoms with van der Waals surface area (Å²) in [7, 11) is 0. The van der Waals surface area contributed by atoms with Crippen molar-refractivity contribution in [3.05, 3.63) is 42.5 Å². The van der Waals surface area contributed by atoms with E-state index < -0.39 is 0 Å². The monoisotopic (exact) mass is 272 g/mol. The molecule has 0 atom stereocenters. The van der Waals surface area contributed by atoms with Crippen LogP contribution in [0.1, 0.15) is 45.4 Å². The summed E-state index contributed by atoms with van der Waals surface area (Å²) >= 11 is 2.01. The summed E-state index contributed by atoms with van der Waals surface area (Å²) in [5, 5.41) is 2.76. The lowest BCUT2D eigenvalue weighted by Crippen LogP contribution is -1.84. The van der Waals surface area contributed by atoms with E-state index in [1.54, 1.807) is 0 Å². The maximum absolute atomic E-state index is 2.27. The van der Waals surface area contributed by atoms with E-state index in [2.05, 4.69) is 49.4 Å². The average molecular weight is 272 g/mol. The van der Waals surface area contributed by atoms with Crippen molar-refractivity contribution in [1.82, 2.24) is 0 Å². The van der Waals surface area contributed by atoms with Gasteiger partial charge in [0.2, 0.25) is 0 Å². The van der Waals surface area contributed by atoms with Gasteiger partial charge in [-0.2, -0.15) is 0 Å². The van der Waals surface area contributed by atoms with Gasteiger partial charge in [0.25, 0.3) is 0 Å². The van der Waals surface area contributed by atoms with E-state index in [0.717, 1.165) is 0 Å². The second-order valence-electron chi connectivity index (χ2n) is 5.09. The standard InChI is InChI=1S/C18H24S/c1-2-3-4-5-6-9-15-19-18-14-10-12-16-11-7-8-13-17(16)18/h7-8,10-14H,2-6,9,15H2,1H3. The predicted molar refractivity (Wildman–Crippen MR) is 88.0 cm³/mol. The molecule has 0 N–H and O–H groups in total. The Morgan fingerprint density at radius 1 is 0.789 bits per heavy atom. The third-order valence-corrected chi connectivity index (χ3v) is 4.66. The van der Waals surface area contributed by atoms with Crippen LogP contribution in [0, 0.1) is 0 Å². The van der Waals surface area contributed by atoms with Crippen LogP contribution in [0.3, 0.4) is 0 Å². The molecule has 1 heteroatoms. The summed E-state index contributed by atoms with van der Waals surface area (Å²) in [5.74, 6) is 1.25. The number of rotatable bonds is 8. The van der Waals surface area contributed by atoms with E-state index in [1.165, 1.54) is 59.9 Å². The van der Waals surface area contributed by atoms with E-state index in [-0.39, 0.29) is 0 Å². The van der Waals surface area contributed by atoms with Gasteiger partial charge in [0.1, 0.15) is 0 Å². The zero-order valence-electron chi connectivity index (χ0n) is 11.9. The molecule has 102 valence electrons. The van der Waals surface area contributed by atoms with Crippen molar-refractivity contribution in [2.75, 3.05) is 5.75 Å². The van der Waals surface area contributed by atoms with Crippen molar-refractivity contribution >= 4 is 22.5 Å². The summed E-state index contributed by atoms with van der Waals surface area (Å²) in [6.07, 6.45) is 8.29. The van der Waals surface area contributed by atoms with E-state index in [1.807, 2.05) is 11.8 Å². The van der Waals surface area contributed by atoms with Crippen LogP contribution in [0.2, 0.25) is 0 Å². The summed E-state index contributed by atoms with van der Waals surface area (Å²) in [4.78, 5) is 1.44. The highest BCUT2D eigenvalue weighted by atomic mass is 32.2. The number of unbranched alkanes of at least 4 members (excludes halogenated alkanes) is 5. The first-order chi connectivity index (χ1) is 9.42. The van der Waals surface area contributed by atoms with Crippen LogP contribution in [0.25, 0.3) is 10.8 Å². The summed E-state index contributed by atoms with van der Waals surface area (Å²) < 4.78 is 0. The van der Waals surface area contributed by atoms with Crippen molar-refractivity contribution in [3.8, 4) is 0 Å². The Labute approximate surface area is 121 Å². The van der Waals surface area contributed by atoms with Crippen LogP contribution >= 0.6 is 11.8 Å². The molecule has 0 spiro atoms. The maximum Gasteiger partial charge on any atom is 0.0150 e. The minimum absolute atomic E-state index is 1.25. The fourth-order valence-electron chi connectivity index (χ4n) is 2.39. The number of hydrogen-bond donors (Lipinski definition) is 0. The van der Waals surface area contributed by atoms with Crippen molar-refractivity contribution in [2.45, 2.75) is 50.3 Å². The average Bonchev–Trinajstić information content (AvgIpc) is 2.46. The number of hydrogen-bond acceptors (Lipinski definition) is 1. The van der Waals surface area contributed by atoms with Gasteiger partial charge >= 0.3 is 0 Å². The molecule has 0 bridgehead atoms. The van der Waals surface area contributed by atoms with Crippen LogP contribution in [-0.2, 0) is 0 Å². The van der Waals surface area contributed by atoms with Crippen LogP contribution in [0.5, 0.6) is 0 Å². The maximum atomic E-state index is 2.27. The van der Waals surface area contributed by atoms with Gasteiger partial charge in [-0.15, -0.1) is 11.8 Å². The van der Waals surface area contributed by atoms with Gasteiger partial charge < -0.3 is 0 Å². The van der Waals surface area contributed by atoms with E-state index >= 15 is 0 Å². The lowest BCUT2D eigenvalue weighted by Gasteiger charge is -2.06. The number of thioether (sulfide) groups is 1. The fraction of sp³-hybridized carbons (Fsp3) is 0.444. The zero-order valence-corrected chi connectivity index (χ0v) is 12.7. The van der Waals surface area contributed by atoms with Gasteiger partial charge in [0.05, 0.1) is 0 Å². The smallest absolute Gasteiger partial charge is 0.0150 e. The van der Waals surface area contributed by atoms with Gasteiger partial charge in [-0.3, -0.25) is 0 Å². The molecule has 2 aromatic carbocycles. The molecular weight excluding hydrogens is 248 g/mol. The predicted octanol–water partition coefficient (Wildman–Crippen LogP) is 6.29. The van der Waals surface area contributed by atoms with Crippen molar-refractivity contribution in [1.29, 1.82) is 0 Å². The normalized spacial score (nSPS) is 11.0. The SMILES string of the molecule is CCCCCCCCSc1cccc2ccccc12. The molecule has 0 fully saturated rings. The summed E-state index contributed by atoms with van der Waals surface area (Å²) in [6, 6.07) is 15.3. The molecule has 0 aromatic heterocycles. The van der Waals surface area contributed by atoms with Gasteiger partial charge in [-0.05, 0) is 29.0 Å². The molecule has 0 amide bonds. The minimum atomic E-state index is 1.25. The summed E-state index contributed by atoms with van der Waals surface area (Å²) in [5.41, 5.74) is 0. The summed E-state index contributed by atoms with van der Waals surface area (Å²) in [6.45, 7) is 2.27. The molecular formula is C18H24S. The molecule has 0 aliphatic carbocycles. The Morgan fingerprint density at radius 3 is 2.42 bits per heavy atom. The van der Waals surface area contributed by atoms with Gasteiger partial charge in [-0.1, -0.05) is 75.4 Å². The Hall–Kier alpha value is -0.950. The lowest BCUT2D eigenvalue weighted by molar-refractivity contribution is 0.627. The third kappa shape index (κ3) is 4.58. The van der Waals surface area contributed by atoms with Crippen molar-refractivity contribution in [3.63, 3.8) is 0 Å². The molecule has 2 aromatic rings. The first-order valence-electron chi connectivity index (χ1n) is 7.52. The van der Waals surface area contributed by atoms with Gasteiger partial charge in [0.15, 0.2) is 0 Å². The second kappa shape index (κ2) is 8.27. The molecule has 0 radical (unpaired) electrons. The largest absolute Gasteiger partial charge is 0.126 e. The van der Waals surface area contributed by atoms with E-state index in [0.29, 0.717) is 0 Å². The van der Waals surface area contributed by atoms with Gasteiger partial charge in [-0.25, -0.2) is 0 Å². The zero-order chi connectivity index (χ0) is 13.3. The van der Waals surface area contributed by atoms with Crippen LogP contribution in [0.15, 0.2) is 47.4 Å². The first kappa shape index (κ1) is 14.5. The topological polar surface area (TPSA) is 0 Å². The van der Waals surface area contributed by atoms with Gasteiger partial charge in [0, 0.05) is 4.90 Å². The highest BCUT2D eigenvalue weighted by Gasteiger charge is 2.00. The highest BCUT2D eigenvalue weighted by Crippen LogP contribution is 2.28. The van der Waals surface area contributed by atoms with E-state index in [4.69, 9.17) is 0 Å². The molecule has 0 nitrogen and oxygen atoms in total. The van der Waals surface area contributed by atoms with Crippen molar-refractivity contribution < 1.29 is 0 Å². The highest BCUT2D eigenvalue weighted by molar-refractivity contribution is 7.99. The Balaban J connectivity index is 1.78. The third-order valence-electron chi connectivity index (χ3n) is 3.51. The fourth-order valence-corrected chi connectivity index (χ4v) is 3.47. The molecule has 0 heterocycles. The number of benzene rings is 2. The Kier molecular flexibility index (Phi) is 6.29. The van der Waals surface area contributed by atoms with Crippen molar-refractivity contribution in [2.24, 2.45) is 0 Å². The Bertz CT molecular complexity index is 485. The number of fused-ring (bicyclic) bond motifs is 1. The lowest BCUT2D eigenvalue weighted by atomic mass is 10.1. The van der Waals surface area contributed by atoms with Crippen LogP contribution in [0.4, 0.5) is 0 Å². The van der Waals surface area contributed by atoms with E-state index in [9.17, 15) is 0 Å². The molecule has 0 saturated heterocycles. The minimum Gasteiger partial charge on any atom is -0.126 e. The quantitative estimate of drug-likeness (QED) is 0.402. The molecule has 2 rings (SSSR count). The first-order valence-corrected chi connectivity index (χ1v) is 8.51. The molecule has 0 aliphatic heterocycles. The molecule has 0 unspecified atom stereocenters. The molecule has 0 aliphatic rings. The van der Waals surface area contributed by atoms with Crippen LogP contribution < -0.4 is 0 Å². The Morgan fingerprint density at radius 2 is 1.53 bits per heavy atom. The van der Waals surface area contributed by atoms with Crippen LogP contribution in [-0.4, -0.2) is 5.75 Å².